The largest absolute Gasteiger partial charge is 0.466 e. The van der Waals surface area contributed by atoms with Gasteiger partial charge in [-0.15, -0.1) is 11.8 Å². The minimum absolute atomic E-state index is 0.0846. The number of anilines is 2. The van der Waals surface area contributed by atoms with E-state index in [9.17, 15) is 24.0 Å². The van der Waals surface area contributed by atoms with Crippen LogP contribution in [0.25, 0.3) is 17.0 Å². The third-order valence-corrected chi connectivity index (χ3v) is 7.73. The van der Waals surface area contributed by atoms with E-state index in [1.54, 1.807) is 37.4 Å². The predicted molar refractivity (Wildman–Crippen MR) is 151 cm³/mol. The van der Waals surface area contributed by atoms with Crippen molar-refractivity contribution >= 4 is 58.1 Å². The van der Waals surface area contributed by atoms with Crippen molar-refractivity contribution in [3.8, 4) is 0 Å². The molecule has 1 saturated heterocycles. The van der Waals surface area contributed by atoms with Gasteiger partial charge in [0.05, 0.1) is 36.0 Å². The molecule has 5 rings (SSSR count). The van der Waals surface area contributed by atoms with Crippen LogP contribution in [0.1, 0.15) is 5.56 Å². The van der Waals surface area contributed by atoms with E-state index >= 15 is 0 Å². The lowest BCUT2D eigenvalue weighted by Gasteiger charge is -2.20. The topological polar surface area (TPSA) is 141 Å². The molecule has 0 saturated carbocycles. The summed E-state index contributed by atoms with van der Waals surface area (Å²) >= 11 is 1.45. The molecule has 2 aliphatic heterocycles. The Kier molecular flexibility index (Phi) is 7.76. The van der Waals surface area contributed by atoms with Crippen LogP contribution in [0.15, 0.2) is 57.0 Å². The Hall–Kier alpha value is -4.36. The molecule has 1 aromatic heterocycles. The molecule has 0 aliphatic carbocycles. The van der Waals surface area contributed by atoms with Crippen LogP contribution >= 0.6 is 11.8 Å². The Labute approximate surface area is 232 Å². The first kappa shape index (κ1) is 27.2. The number of aromatic nitrogens is 2. The lowest BCUT2D eigenvalue weighted by molar-refractivity contribution is -0.134. The molecule has 13 heteroatoms. The van der Waals surface area contributed by atoms with Crippen LogP contribution in [0.4, 0.5) is 16.2 Å². The quantitative estimate of drug-likeness (QED) is 0.236. The minimum Gasteiger partial charge on any atom is -0.466 e. The van der Waals surface area contributed by atoms with E-state index in [1.165, 1.54) is 34.4 Å². The van der Waals surface area contributed by atoms with Crippen molar-refractivity contribution in [1.82, 2.24) is 14.5 Å². The molecule has 2 aromatic carbocycles. The van der Waals surface area contributed by atoms with Crippen LogP contribution in [0.5, 0.6) is 0 Å². The normalized spacial score (nSPS) is 16.8. The SMILES string of the molecule is COC(=O)/C=C/c1ccc2c(=O)n(CCNC[C@H]3CN(c4ccc5c(c4)NC(=O)CS5)C(=O)O3)c(=O)n(C)c2c1. The lowest BCUT2D eigenvalue weighted by atomic mass is 10.1. The second-order valence-electron chi connectivity index (χ2n) is 9.27. The maximum Gasteiger partial charge on any atom is 0.414 e. The zero-order chi connectivity index (χ0) is 28.4. The number of benzene rings is 2. The van der Waals surface area contributed by atoms with E-state index in [0.29, 0.717) is 53.2 Å². The fourth-order valence-electron chi connectivity index (χ4n) is 4.59. The van der Waals surface area contributed by atoms with Crippen LogP contribution in [0.2, 0.25) is 0 Å². The average Bonchev–Trinajstić information content (AvgIpc) is 3.33. The van der Waals surface area contributed by atoms with Crippen molar-refractivity contribution in [2.75, 3.05) is 42.7 Å². The maximum atomic E-state index is 13.1. The molecule has 3 aromatic rings. The van der Waals surface area contributed by atoms with Gasteiger partial charge in [0.15, 0.2) is 0 Å². The Morgan fingerprint density at radius 2 is 2.02 bits per heavy atom. The Morgan fingerprint density at radius 3 is 2.83 bits per heavy atom. The predicted octanol–water partition coefficient (Wildman–Crippen LogP) is 1.55. The fourth-order valence-corrected chi connectivity index (χ4v) is 5.38. The summed E-state index contributed by atoms with van der Waals surface area (Å²) in [6.07, 6.45) is 1.89. The first-order valence-corrected chi connectivity index (χ1v) is 13.5. The third kappa shape index (κ3) is 5.51. The highest BCUT2D eigenvalue weighted by Gasteiger charge is 2.32. The number of carbonyl (C=O) groups excluding carboxylic acids is 3. The van der Waals surface area contributed by atoms with Gasteiger partial charge in [0.25, 0.3) is 5.56 Å². The number of aryl methyl sites for hydroxylation is 1. The number of hydrogen-bond acceptors (Lipinski definition) is 9. The number of nitrogens with zero attached hydrogens (tertiary/aromatic N) is 3. The molecule has 0 spiro atoms. The van der Waals surface area contributed by atoms with Crippen molar-refractivity contribution in [2.24, 2.45) is 7.05 Å². The molecule has 208 valence electrons. The van der Waals surface area contributed by atoms with Crippen LogP contribution in [0.3, 0.4) is 0 Å². The second-order valence-corrected chi connectivity index (χ2v) is 10.3. The van der Waals surface area contributed by atoms with Crippen molar-refractivity contribution < 1.29 is 23.9 Å². The zero-order valence-corrected chi connectivity index (χ0v) is 22.7. The standard InChI is InChI=1S/C27H27N5O7S/c1-30-21-11-16(4-8-24(34)38-2)3-6-19(21)25(35)31(26(30)36)10-9-28-13-18-14-32(27(37)39-18)17-5-7-22-20(12-17)29-23(33)15-40-22/h3-8,11-12,18,28H,9-10,13-15H2,1-2H3,(H,29,33)/b8-4+/t18-/m0/s1. The van der Waals surface area contributed by atoms with E-state index in [1.807, 2.05) is 12.1 Å². The number of thioether (sulfide) groups is 1. The van der Waals surface area contributed by atoms with Crippen molar-refractivity contribution in [2.45, 2.75) is 17.5 Å². The lowest BCUT2D eigenvalue weighted by Crippen LogP contribution is -2.42. The van der Waals surface area contributed by atoms with Gasteiger partial charge in [0, 0.05) is 43.3 Å². The van der Waals surface area contributed by atoms with E-state index < -0.39 is 29.4 Å². The molecule has 2 N–H and O–H groups in total. The van der Waals surface area contributed by atoms with Gasteiger partial charge in [-0.1, -0.05) is 6.07 Å². The van der Waals surface area contributed by atoms with Crippen LogP contribution < -0.4 is 26.8 Å². The zero-order valence-electron chi connectivity index (χ0n) is 21.8. The molecule has 0 radical (unpaired) electrons. The summed E-state index contributed by atoms with van der Waals surface area (Å²) in [4.78, 5) is 64.1. The van der Waals surface area contributed by atoms with E-state index in [2.05, 4.69) is 15.4 Å². The number of hydrogen-bond donors (Lipinski definition) is 2. The molecule has 3 heterocycles. The van der Waals surface area contributed by atoms with Crippen LogP contribution in [-0.2, 0) is 32.7 Å². The van der Waals surface area contributed by atoms with E-state index in [4.69, 9.17) is 4.74 Å². The molecule has 0 unspecified atom stereocenters. The number of cyclic esters (lactones) is 1. The molecule has 2 aliphatic rings. The number of rotatable bonds is 8. The molecule has 0 bridgehead atoms. The number of amides is 2. The molecule has 1 atom stereocenters. The number of methoxy groups -OCH3 is 1. The highest BCUT2D eigenvalue weighted by molar-refractivity contribution is 8.00. The summed E-state index contributed by atoms with van der Waals surface area (Å²) < 4.78 is 12.6. The Morgan fingerprint density at radius 1 is 1.20 bits per heavy atom. The summed E-state index contributed by atoms with van der Waals surface area (Å²) in [5, 5.41) is 6.36. The highest BCUT2D eigenvalue weighted by atomic mass is 32.2. The fraction of sp³-hybridized carbons (Fsp3) is 0.296. The van der Waals surface area contributed by atoms with E-state index in [-0.39, 0.29) is 12.5 Å². The second kappa shape index (κ2) is 11.4. The van der Waals surface area contributed by atoms with Gasteiger partial charge in [-0.3, -0.25) is 23.6 Å². The first-order valence-electron chi connectivity index (χ1n) is 12.5. The molecule has 1 fully saturated rings. The number of ether oxygens (including phenoxy) is 2. The summed E-state index contributed by atoms with van der Waals surface area (Å²) in [7, 11) is 2.86. The monoisotopic (exact) mass is 565 g/mol. The highest BCUT2D eigenvalue weighted by Crippen LogP contribution is 2.35. The van der Waals surface area contributed by atoms with Crippen LogP contribution in [-0.4, -0.2) is 65.7 Å². The summed E-state index contributed by atoms with van der Waals surface area (Å²) in [5.74, 6) is -0.233. The maximum absolute atomic E-state index is 13.1. The summed E-state index contributed by atoms with van der Waals surface area (Å²) in [5.41, 5.74) is 1.51. The first-order chi connectivity index (χ1) is 19.2. The average molecular weight is 566 g/mol. The molecular weight excluding hydrogens is 538 g/mol. The number of nitrogens with one attached hydrogen (secondary N) is 2. The van der Waals surface area contributed by atoms with Gasteiger partial charge in [-0.05, 0) is 42.0 Å². The van der Waals surface area contributed by atoms with Crippen molar-refractivity contribution in [1.29, 1.82) is 0 Å². The molecule has 12 nitrogen and oxygen atoms in total. The molecule has 40 heavy (non-hydrogen) atoms. The van der Waals surface area contributed by atoms with Gasteiger partial charge < -0.3 is 20.1 Å². The van der Waals surface area contributed by atoms with Crippen molar-refractivity contribution in [3.63, 3.8) is 0 Å². The van der Waals surface area contributed by atoms with Gasteiger partial charge in [0.1, 0.15) is 6.10 Å². The third-order valence-electron chi connectivity index (χ3n) is 6.66. The van der Waals surface area contributed by atoms with Gasteiger partial charge in [-0.2, -0.15) is 0 Å². The summed E-state index contributed by atoms with van der Waals surface area (Å²) in [6, 6.07) is 10.4. The summed E-state index contributed by atoms with van der Waals surface area (Å²) in [6.45, 7) is 1.07. The molecular formula is C27H27N5O7S. The van der Waals surface area contributed by atoms with Gasteiger partial charge in [-0.25, -0.2) is 14.4 Å². The van der Waals surface area contributed by atoms with Gasteiger partial charge in [0.2, 0.25) is 5.91 Å². The Balaban J connectivity index is 1.21. The number of fused-ring (bicyclic) bond motifs is 2. The number of carbonyl (C=O) groups is 3. The Bertz CT molecular complexity index is 1660. The van der Waals surface area contributed by atoms with Crippen molar-refractivity contribution in [3.05, 3.63) is 68.9 Å². The molecule has 2 amide bonds. The van der Waals surface area contributed by atoms with Crippen LogP contribution in [0, 0.1) is 0 Å². The smallest absolute Gasteiger partial charge is 0.414 e. The number of esters is 1. The van der Waals surface area contributed by atoms with Gasteiger partial charge >= 0.3 is 17.8 Å². The van der Waals surface area contributed by atoms with E-state index in [0.717, 1.165) is 9.46 Å². The minimum atomic E-state index is -0.509.